The van der Waals surface area contributed by atoms with Gasteiger partial charge in [-0.3, -0.25) is 0 Å². The summed E-state index contributed by atoms with van der Waals surface area (Å²) in [7, 11) is 5.52. The summed E-state index contributed by atoms with van der Waals surface area (Å²) in [4.78, 5) is 12.4. The highest BCUT2D eigenvalue weighted by Gasteiger charge is 2.22. The number of halogens is 2. The Morgan fingerprint density at radius 1 is 1.15 bits per heavy atom. The summed E-state index contributed by atoms with van der Waals surface area (Å²) < 4.78 is 33.3. The van der Waals surface area contributed by atoms with Gasteiger partial charge in [-0.2, -0.15) is 4.68 Å². The van der Waals surface area contributed by atoms with Gasteiger partial charge < -0.3 is 9.96 Å². The van der Waals surface area contributed by atoms with E-state index >= 15 is 0 Å². The minimum atomic E-state index is -0.674. The number of benzene rings is 2. The van der Waals surface area contributed by atoms with E-state index in [9.17, 15) is 13.6 Å². The smallest absolute Gasteiger partial charge is 0.435 e. The number of fused-ring (bicyclic) bond motifs is 1. The third kappa shape index (κ3) is 4.27. The molecule has 1 N–H and O–H groups in total. The van der Waals surface area contributed by atoms with Crippen molar-refractivity contribution in [1.29, 1.82) is 0 Å². The molecular weight excluding hydrogens is 351 g/mol. The molecule has 8 heteroatoms. The highest BCUT2D eigenvalue weighted by molar-refractivity contribution is 6.18. The van der Waals surface area contributed by atoms with Crippen LogP contribution in [0.1, 0.15) is 31.9 Å². The first-order valence-corrected chi connectivity index (χ1v) is 8.33. The maximum absolute atomic E-state index is 13.4. The Hall–Kier alpha value is -2.90. The second-order valence-corrected chi connectivity index (χ2v) is 7.19. The number of carbonyl (C=O) groups is 1. The van der Waals surface area contributed by atoms with Gasteiger partial charge in [-0.05, 0) is 62.6 Å². The first-order chi connectivity index (χ1) is 12.7. The van der Waals surface area contributed by atoms with Crippen molar-refractivity contribution in [2.24, 2.45) is 0 Å². The molecule has 2 aromatic carbocycles. The van der Waals surface area contributed by atoms with Crippen LogP contribution in [0.2, 0.25) is 0 Å². The predicted molar refractivity (Wildman–Crippen MR) is 99.9 cm³/mol. The molecule has 138 valence electrons. The number of rotatable bonds is 3. The Morgan fingerprint density at radius 3 is 2.41 bits per heavy atom. The van der Waals surface area contributed by atoms with Gasteiger partial charge in [0.25, 0.3) is 0 Å². The first kappa shape index (κ1) is 18.9. The summed E-state index contributed by atoms with van der Waals surface area (Å²) in [6.07, 6.45) is -0.319. The number of hydrogen-bond acceptors (Lipinski definition) is 4. The number of anilines is 1. The van der Waals surface area contributed by atoms with E-state index < -0.39 is 23.3 Å². The van der Waals surface area contributed by atoms with Gasteiger partial charge in [0, 0.05) is 11.5 Å². The molecule has 3 aromatic rings. The molecule has 0 aliphatic carbocycles. The molecule has 0 saturated heterocycles. The van der Waals surface area contributed by atoms with Gasteiger partial charge in [0.2, 0.25) is 7.98 Å². The Bertz CT molecular complexity index is 992. The fourth-order valence-corrected chi connectivity index (χ4v) is 2.77. The third-order valence-electron chi connectivity index (χ3n) is 3.78. The second-order valence-electron chi connectivity index (χ2n) is 7.19. The lowest BCUT2D eigenvalue weighted by Gasteiger charge is -2.19. The Morgan fingerprint density at radius 2 is 1.81 bits per heavy atom. The number of nitrogens with zero attached hydrogens (tertiary/aromatic N) is 2. The van der Waals surface area contributed by atoms with E-state index in [2.05, 4.69) is 10.3 Å². The molecule has 0 unspecified atom stereocenters. The Balaban J connectivity index is 1.98. The maximum atomic E-state index is 13.4. The number of carbonyl (C=O) groups excluding carboxylic acids is 1. The van der Waals surface area contributed by atoms with Crippen LogP contribution in [0, 0.1) is 11.6 Å². The van der Waals surface area contributed by atoms with Crippen molar-refractivity contribution in [1.82, 2.24) is 9.78 Å². The molecule has 1 aromatic heterocycles. The van der Waals surface area contributed by atoms with Crippen LogP contribution in [0.25, 0.3) is 10.9 Å². The molecule has 5 nitrogen and oxygen atoms in total. The minimum Gasteiger partial charge on any atom is -0.442 e. The highest BCUT2D eigenvalue weighted by Crippen LogP contribution is 2.26. The van der Waals surface area contributed by atoms with E-state index in [1.165, 1.54) is 12.1 Å². The molecule has 0 spiro atoms. The van der Waals surface area contributed by atoms with Crippen LogP contribution in [0.5, 0.6) is 0 Å². The van der Waals surface area contributed by atoms with Gasteiger partial charge in [-0.15, -0.1) is 5.10 Å². The van der Waals surface area contributed by atoms with Gasteiger partial charge >= 0.3 is 6.09 Å². The zero-order chi connectivity index (χ0) is 19.8. The van der Waals surface area contributed by atoms with Crippen molar-refractivity contribution >= 4 is 30.8 Å². The molecule has 0 atom stereocenters. The molecule has 0 fully saturated rings. The number of aromatic nitrogens is 2. The van der Waals surface area contributed by atoms with Crippen LogP contribution in [0.15, 0.2) is 36.4 Å². The molecule has 0 saturated carbocycles. The van der Waals surface area contributed by atoms with Crippen LogP contribution in [0.3, 0.4) is 0 Å². The van der Waals surface area contributed by atoms with Crippen LogP contribution >= 0.6 is 0 Å². The fraction of sp³-hybridized carbons (Fsp3) is 0.263. The van der Waals surface area contributed by atoms with E-state index in [1.807, 2.05) is 0 Å². The quantitative estimate of drug-likeness (QED) is 0.704. The van der Waals surface area contributed by atoms with E-state index in [1.54, 1.807) is 39.0 Å². The van der Waals surface area contributed by atoms with Crippen molar-refractivity contribution in [2.45, 2.75) is 32.8 Å². The first-order valence-electron chi connectivity index (χ1n) is 8.33. The SMILES string of the molecule is [B]Nc1nn(C(=O)OC(C)(C)C)c2ccc(Cc3cc(F)cc(F)c3)cc12. The molecule has 0 aliphatic rings. The van der Waals surface area contributed by atoms with Crippen LogP contribution in [0.4, 0.5) is 19.4 Å². The average molecular weight is 369 g/mol. The van der Waals surface area contributed by atoms with Crippen molar-refractivity contribution in [3.05, 3.63) is 59.2 Å². The van der Waals surface area contributed by atoms with E-state index in [0.717, 1.165) is 16.3 Å². The van der Waals surface area contributed by atoms with Crippen molar-refractivity contribution in [2.75, 3.05) is 5.23 Å². The maximum Gasteiger partial charge on any atom is 0.435 e. The van der Waals surface area contributed by atoms with E-state index in [4.69, 9.17) is 12.7 Å². The van der Waals surface area contributed by atoms with Crippen LogP contribution in [-0.4, -0.2) is 29.5 Å². The van der Waals surface area contributed by atoms with Gasteiger partial charge in [-0.1, -0.05) is 6.07 Å². The monoisotopic (exact) mass is 369 g/mol. The normalized spacial score (nSPS) is 11.6. The second kappa shape index (κ2) is 7.02. The molecule has 3 rings (SSSR count). The molecule has 1 heterocycles. The Kier molecular flexibility index (Phi) is 4.91. The van der Waals surface area contributed by atoms with Crippen LogP contribution in [-0.2, 0) is 11.2 Å². The lowest BCUT2D eigenvalue weighted by atomic mass is 10.0. The summed E-state index contributed by atoms with van der Waals surface area (Å²) in [6, 6.07) is 8.60. The molecule has 2 radical (unpaired) electrons. The highest BCUT2D eigenvalue weighted by atomic mass is 19.1. The lowest BCUT2D eigenvalue weighted by Crippen LogP contribution is -2.27. The summed E-state index contributed by atoms with van der Waals surface area (Å²) in [5.41, 5.74) is 1.11. The molecular formula is C19H18BF2N3O2. The molecule has 0 aliphatic heterocycles. The Labute approximate surface area is 156 Å². The third-order valence-corrected chi connectivity index (χ3v) is 3.78. The number of ether oxygens (including phenoxy) is 1. The van der Waals surface area contributed by atoms with Gasteiger partial charge in [0.15, 0.2) is 0 Å². The predicted octanol–water partition coefficient (Wildman–Crippen LogP) is 4.18. The summed E-state index contributed by atoms with van der Waals surface area (Å²) in [5.74, 6) is -0.968. The van der Waals surface area contributed by atoms with E-state index in [0.29, 0.717) is 28.7 Å². The standard InChI is InChI=1S/C19H18BF2N3O2/c1-19(2,3)27-18(26)25-16-5-4-11(9-15(16)17(23-20)24-25)6-12-7-13(21)10-14(22)8-12/h4-5,7-10H,6H2,1-3H3,(H,23,24). The van der Waals surface area contributed by atoms with Gasteiger partial charge in [0.05, 0.1) is 5.52 Å². The number of nitrogens with one attached hydrogen (secondary N) is 1. The fourth-order valence-electron chi connectivity index (χ4n) is 2.77. The summed E-state index contributed by atoms with van der Waals surface area (Å²) >= 11 is 0. The topological polar surface area (TPSA) is 56.2 Å². The summed E-state index contributed by atoms with van der Waals surface area (Å²) in [5, 5.41) is 7.21. The van der Waals surface area contributed by atoms with Crippen molar-refractivity contribution < 1.29 is 18.3 Å². The van der Waals surface area contributed by atoms with Gasteiger partial charge in [-0.25, -0.2) is 13.6 Å². The molecule has 27 heavy (non-hydrogen) atoms. The average Bonchev–Trinajstić information content (AvgIpc) is 2.90. The van der Waals surface area contributed by atoms with Crippen molar-refractivity contribution in [3.8, 4) is 0 Å². The van der Waals surface area contributed by atoms with Crippen LogP contribution < -0.4 is 5.23 Å². The lowest BCUT2D eigenvalue weighted by molar-refractivity contribution is 0.0523. The zero-order valence-electron chi connectivity index (χ0n) is 15.2. The van der Waals surface area contributed by atoms with Crippen molar-refractivity contribution in [3.63, 3.8) is 0 Å². The number of hydrogen-bond donors (Lipinski definition) is 1. The zero-order valence-corrected chi connectivity index (χ0v) is 15.2. The largest absolute Gasteiger partial charge is 0.442 e. The van der Waals surface area contributed by atoms with Gasteiger partial charge in [0.1, 0.15) is 23.1 Å². The molecule has 0 amide bonds. The minimum absolute atomic E-state index is 0.295. The molecule has 0 bridgehead atoms. The van der Waals surface area contributed by atoms with E-state index in [-0.39, 0.29) is 0 Å². The summed E-state index contributed by atoms with van der Waals surface area (Å²) in [6.45, 7) is 5.28.